The molecular weight excluding hydrogens is 258 g/mol. The number of halogens is 1. The summed E-state index contributed by atoms with van der Waals surface area (Å²) >= 11 is 5.94. The second-order valence-electron chi connectivity index (χ2n) is 5.23. The summed E-state index contributed by atoms with van der Waals surface area (Å²) in [5, 5.41) is 12.7. The van der Waals surface area contributed by atoms with Crippen molar-refractivity contribution in [2.24, 2.45) is 0 Å². The van der Waals surface area contributed by atoms with Crippen LogP contribution in [0.4, 0.5) is 5.82 Å². The van der Waals surface area contributed by atoms with Gasteiger partial charge in [-0.25, -0.2) is 0 Å². The molecule has 4 heteroatoms. The van der Waals surface area contributed by atoms with Crippen LogP contribution in [0.15, 0.2) is 30.3 Å². The molecule has 1 saturated carbocycles. The Hall–Kier alpha value is -1.61. The van der Waals surface area contributed by atoms with Gasteiger partial charge in [-0.3, -0.25) is 0 Å². The zero-order chi connectivity index (χ0) is 13.5. The molecule has 98 valence electrons. The first-order valence-corrected chi connectivity index (χ1v) is 6.82. The lowest BCUT2D eigenvalue weighted by Gasteiger charge is -2.19. The van der Waals surface area contributed by atoms with Crippen molar-refractivity contribution in [2.75, 3.05) is 5.32 Å². The van der Waals surface area contributed by atoms with Gasteiger partial charge in [-0.1, -0.05) is 23.7 Å². The number of nitrogens with one attached hydrogen (secondary N) is 1. The van der Waals surface area contributed by atoms with Crippen LogP contribution >= 0.6 is 11.6 Å². The van der Waals surface area contributed by atoms with E-state index in [1.165, 1.54) is 5.56 Å². The maximum absolute atomic E-state index is 5.94. The zero-order valence-electron chi connectivity index (χ0n) is 11.1. The van der Waals surface area contributed by atoms with Crippen molar-refractivity contribution in [2.45, 2.75) is 32.2 Å². The quantitative estimate of drug-likeness (QED) is 0.923. The minimum atomic E-state index is 0.0132. The Morgan fingerprint density at radius 1 is 1.11 bits per heavy atom. The van der Waals surface area contributed by atoms with Gasteiger partial charge in [0.15, 0.2) is 5.82 Å². The van der Waals surface area contributed by atoms with Crippen molar-refractivity contribution in [3.05, 3.63) is 52.2 Å². The van der Waals surface area contributed by atoms with Crippen LogP contribution in [0.25, 0.3) is 0 Å². The Morgan fingerprint density at radius 3 is 2.37 bits per heavy atom. The van der Waals surface area contributed by atoms with Crippen LogP contribution < -0.4 is 5.32 Å². The fourth-order valence-corrected chi connectivity index (χ4v) is 2.47. The van der Waals surface area contributed by atoms with Crippen LogP contribution in [0.5, 0.6) is 0 Å². The second kappa shape index (κ2) is 4.49. The molecule has 0 amide bonds. The van der Waals surface area contributed by atoms with E-state index in [0.29, 0.717) is 0 Å². The lowest BCUT2D eigenvalue weighted by molar-refractivity contribution is 0.786. The number of benzene rings is 1. The third kappa shape index (κ3) is 2.43. The molecule has 1 aromatic heterocycles. The zero-order valence-corrected chi connectivity index (χ0v) is 11.8. The fourth-order valence-electron chi connectivity index (χ4n) is 2.35. The molecule has 1 aliphatic carbocycles. The van der Waals surface area contributed by atoms with Crippen molar-refractivity contribution < 1.29 is 0 Å². The first-order valence-electron chi connectivity index (χ1n) is 6.44. The number of aryl methyl sites for hydroxylation is 2. The van der Waals surface area contributed by atoms with Gasteiger partial charge in [-0.05, 0) is 56.0 Å². The number of nitrogens with zero attached hydrogens (tertiary/aromatic N) is 2. The lowest BCUT2D eigenvalue weighted by Crippen LogP contribution is -2.20. The van der Waals surface area contributed by atoms with Crippen LogP contribution in [0.3, 0.4) is 0 Å². The predicted molar refractivity (Wildman–Crippen MR) is 77.5 cm³/mol. The molecule has 3 nitrogen and oxygen atoms in total. The molecule has 0 bridgehead atoms. The first-order chi connectivity index (χ1) is 9.09. The van der Waals surface area contributed by atoms with E-state index in [4.69, 9.17) is 11.6 Å². The largest absolute Gasteiger partial charge is 0.359 e. The van der Waals surface area contributed by atoms with E-state index in [-0.39, 0.29) is 5.54 Å². The highest BCUT2D eigenvalue weighted by Crippen LogP contribution is 2.48. The molecule has 0 aliphatic heterocycles. The number of hydrogen-bond donors (Lipinski definition) is 1. The van der Waals surface area contributed by atoms with Gasteiger partial charge in [0.05, 0.1) is 11.2 Å². The van der Waals surface area contributed by atoms with E-state index in [9.17, 15) is 0 Å². The minimum absolute atomic E-state index is 0.0132. The molecule has 3 rings (SSSR count). The van der Waals surface area contributed by atoms with Gasteiger partial charge >= 0.3 is 0 Å². The second-order valence-corrected chi connectivity index (χ2v) is 5.67. The van der Waals surface area contributed by atoms with Crippen LogP contribution in [0, 0.1) is 13.8 Å². The summed E-state index contributed by atoms with van der Waals surface area (Å²) in [6.07, 6.45) is 2.23. The van der Waals surface area contributed by atoms with Crippen LogP contribution in [-0.4, -0.2) is 10.2 Å². The van der Waals surface area contributed by atoms with Crippen molar-refractivity contribution >= 4 is 17.4 Å². The third-order valence-electron chi connectivity index (χ3n) is 3.61. The van der Waals surface area contributed by atoms with E-state index in [2.05, 4.69) is 34.6 Å². The topological polar surface area (TPSA) is 37.8 Å². The molecule has 1 heterocycles. The molecule has 0 unspecified atom stereocenters. The number of rotatable bonds is 3. The summed E-state index contributed by atoms with van der Waals surface area (Å²) in [5.41, 5.74) is 3.35. The van der Waals surface area contributed by atoms with E-state index < -0.39 is 0 Å². The van der Waals surface area contributed by atoms with Gasteiger partial charge in [-0.2, -0.15) is 5.10 Å². The normalized spacial score (nSPS) is 16.2. The van der Waals surface area contributed by atoms with Gasteiger partial charge in [0, 0.05) is 5.02 Å². The van der Waals surface area contributed by atoms with Gasteiger partial charge < -0.3 is 5.32 Å². The molecule has 1 fully saturated rings. The Kier molecular flexibility index (Phi) is 2.94. The van der Waals surface area contributed by atoms with Crippen molar-refractivity contribution in [3.8, 4) is 0 Å². The summed E-state index contributed by atoms with van der Waals surface area (Å²) in [7, 11) is 0. The summed E-state index contributed by atoms with van der Waals surface area (Å²) in [6.45, 7) is 4.01. The maximum atomic E-state index is 5.94. The van der Waals surface area contributed by atoms with Gasteiger partial charge in [0.2, 0.25) is 0 Å². The highest BCUT2D eigenvalue weighted by molar-refractivity contribution is 6.30. The van der Waals surface area contributed by atoms with E-state index >= 15 is 0 Å². The third-order valence-corrected chi connectivity index (χ3v) is 3.86. The highest BCUT2D eigenvalue weighted by atomic mass is 35.5. The molecule has 0 saturated heterocycles. The average Bonchev–Trinajstić information content (AvgIpc) is 3.15. The van der Waals surface area contributed by atoms with Crippen molar-refractivity contribution in [1.82, 2.24) is 10.2 Å². The summed E-state index contributed by atoms with van der Waals surface area (Å²) in [5.74, 6) is 0.873. The highest BCUT2D eigenvalue weighted by Gasteiger charge is 2.44. The molecular formula is C15H16ClN3. The summed E-state index contributed by atoms with van der Waals surface area (Å²) < 4.78 is 0. The van der Waals surface area contributed by atoms with E-state index in [0.717, 1.165) is 34.9 Å². The Morgan fingerprint density at radius 2 is 1.79 bits per heavy atom. The monoisotopic (exact) mass is 273 g/mol. The molecule has 1 N–H and O–H groups in total. The summed E-state index contributed by atoms with van der Waals surface area (Å²) in [4.78, 5) is 0. The van der Waals surface area contributed by atoms with Crippen LogP contribution in [-0.2, 0) is 5.54 Å². The van der Waals surface area contributed by atoms with Gasteiger partial charge in [0.25, 0.3) is 0 Å². The Balaban J connectivity index is 1.88. The fraction of sp³-hybridized carbons (Fsp3) is 0.333. The molecule has 0 spiro atoms. The minimum Gasteiger partial charge on any atom is -0.359 e. The molecule has 1 aliphatic rings. The number of hydrogen-bond acceptors (Lipinski definition) is 3. The SMILES string of the molecule is Cc1cc(C)c(NC2(c3ccc(Cl)cc3)CC2)nn1. The Bertz CT molecular complexity index is 603. The van der Waals surface area contributed by atoms with E-state index in [1.807, 2.05) is 25.1 Å². The first kappa shape index (κ1) is 12.4. The summed E-state index contributed by atoms with van der Waals surface area (Å²) in [6, 6.07) is 10.1. The lowest BCUT2D eigenvalue weighted by atomic mass is 10.0. The van der Waals surface area contributed by atoms with Crippen molar-refractivity contribution in [3.63, 3.8) is 0 Å². The van der Waals surface area contributed by atoms with Crippen LogP contribution in [0.1, 0.15) is 29.7 Å². The Labute approximate surface area is 118 Å². The van der Waals surface area contributed by atoms with Crippen LogP contribution in [0.2, 0.25) is 5.02 Å². The number of aromatic nitrogens is 2. The number of anilines is 1. The van der Waals surface area contributed by atoms with Gasteiger partial charge in [-0.15, -0.1) is 5.10 Å². The molecule has 19 heavy (non-hydrogen) atoms. The van der Waals surface area contributed by atoms with Gasteiger partial charge in [0.1, 0.15) is 0 Å². The average molecular weight is 274 g/mol. The van der Waals surface area contributed by atoms with E-state index in [1.54, 1.807) is 0 Å². The molecule has 0 atom stereocenters. The molecule has 0 radical (unpaired) electrons. The standard InChI is InChI=1S/C15H16ClN3/c1-10-9-11(2)18-19-14(10)17-15(7-8-15)12-3-5-13(16)6-4-12/h3-6,9H,7-8H2,1-2H3,(H,17,19). The maximum Gasteiger partial charge on any atom is 0.152 e. The predicted octanol–water partition coefficient (Wildman–Crippen LogP) is 3.85. The molecule has 2 aromatic rings. The smallest absolute Gasteiger partial charge is 0.152 e. The molecule has 1 aromatic carbocycles. The van der Waals surface area contributed by atoms with Crippen molar-refractivity contribution in [1.29, 1.82) is 0 Å².